The van der Waals surface area contributed by atoms with E-state index in [0.717, 1.165) is 32.7 Å². The Morgan fingerprint density at radius 2 is 1.56 bits per heavy atom. The largest absolute Gasteiger partial charge is 0.368 e. The van der Waals surface area contributed by atoms with E-state index < -0.39 is 0 Å². The van der Waals surface area contributed by atoms with E-state index in [9.17, 15) is 0 Å². The fourth-order valence-corrected chi connectivity index (χ4v) is 9.59. The van der Waals surface area contributed by atoms with Crippen LogP contribution in [0.4, 0.5) is 5.69 Å². The third kappa shape index (κ3) is 4.62. The summed E-state index contributed by atoms with van der Waals surface area (Å²) in [7, 11) is 0. The summed E-state index contributed by atoms with van der Waals surface area (Å²) in [6.45, 7) is 7.81. The number of rotatable bonds is 4. The first-order chi connectivity index (χ1) is 22.2. The van der Waals surface area contributed by atoms with E-state index in [-0.39, 0.29) is 0 Å². The van der Waals surface area contributed by atoms with Gasteiger partial charge in [0.2, 0.25) is 0 Å². The highest BCUT2D eigenvalue weighted by molar-refractivity contribution is 6.10. The smallest absolute Gasteiger partial charge is 0.0570 e. The van der Waals surface area contributed by atoms with Gasteiger partial charge in [-0.25, -0.2) is 0 Å². The molecule has 0 bridgehead atoms. The summed E-state index contributed by atoms with van der Waals surface area (Å²) in [5.41, 5.74) is 9.56. The average Bonchev–Trinajstić information content (AvgIpc) is 3.65. The van der Waals surface area contributed by atoms with Gasteiger partial charge in [0, 0.05) is 71.1 Å². The highest BCUT2D eigenvalue weighted by Crippen LogP contribution is 2.44. The van der Waals surface area contributed by atoms with Crippen LogP contribution in [0, 0.1) is 12.8 Å². The van der Waals surface area contributed by atoms with Crippen molar-refractivity contribution in [1.82, 2.24) is 20.5 Å². The summed E-state index contributed by atoms with van der Waals surface area (Å²) in [5.74, 6) is 1.72. The maximum Gasteiger partial charge on any atom is 0.0570 e. The van der Waals surface area contributed by atoms with Gasteiger partial charge in [-0.1, -0.05) is 54.6 Å². The van der Waals surface area contributed by atoms with Crippen LogP contribution in [0.25, 0.3) is 27.5 Å². The number of piperidine rings is 3. The van der Waals surface area contributed by atoms with Crippen molar-refractivity contribution in [2.24, 2.45) is 5.92 Å². The zero-order valence-corrected chi connectivity index (χ0v) is 26.4. The van der Waals surface area contributed by atoms with Gasteiger partial charge < -0.3 is 25.4 Å². The van der Waals surface area contributed by atoms with Crippen LogP contribution in [-0.4, -0.2) is 55.4 Å². The van der Waals surface area contributed by atoms with Crippen LogP contribution in [-0.2, 0) is 0 Å². The highest BCUT2D eigenvalue weighted by atomic mass is 15.2. The summed E-state index contributed by atoms with van der Waals surface area (Å²) < 4.78 is 2.46. The Kier molecular flexibility index (Phi) is 6.95. The zero-order valence-electron chi connectivity index (χ0n) is 26.4. The van der Waals surface area contributed by atoms with E-state index in [4.69, 9.17) is 0 Å². The van der Waals surface area contributed by atoms with E-state index in [0.29, 0.717) is 35.9 Å². The molecule has 45 heavy (non-hydrogen) atoms. The highest BCUT2D eigenvalue weighted by Gasteiger charge is 2.44. The third-order valence-corrected chi connectivity index (χ3v) is 11.7. The lowest BCUT2D eigenvalue weighted by Crippen LogP contribution is -2.58. The molecular formula is C40H45N5. The third-order valence-electron chi connectivity index (χ3n) is 11.7. The Labute approximate surface area is 267 Å². The SMILES string of the molecule is Cc1cccc2c3cc(C4CN(c5ccc(C6CCNC7CCCNC76)cc5)C5CCNCC45)ccc3n(-c3ccccc3)c12. The minimum atomic E-state index is 0.503. The van der Waals surface area contributed by atoms with E-state index in [1.54, 1.807) is 0 Å². The van der Waals surface area contributed by atoms with Crippen LogP contribution in [0.3, 0.4) is 0 Å². The summed E-state index contributed by atoms with van der Waals surface area (Å²) >= 11 is 0. The lowest BCUT2D eigenvalue weighted by atomic mass is 9.79. The van der Waals surface area contributed by atoms with Crippen molar-refractivity contribution in [1.29, 1.82) is 0 Å². The Morgan fingerprint density at radius 1 is 0.689 bits per heavy atom. The van der Waals surface area contributed by atoms with Crippen molar-refractivity contribution < 1.29 is 0 Å². The zero-order chi connectivity index (χ0) is 29.9. The molecule has 5 nitrogen and oxygen atoms in total. The second-order valence-corrected chi connectivity index (χ2v) is 14.1. The average molecular weight is 596 g/mol. The number of hydrogen-bond donors (Lipinski definition) is 3. The van der Waals surface area contributed by atoms with E-state index >= 15 is 0 Å². The molecule has 9 rings (SSSR count). The molecule has 5 aromatic rings. The van der Waals surface area contributed by atoms with Crippen molar-refractivity contribution in [3.8, 4) is 5.69 Å². The first-order valence-corrected chi connectivity index (χ1v) is 17.4. The van der Waals surface area contributed by atoms with Crippen LogP contribution in [0.15, 0.2) is 91.0 Å². The number of para-hydroxylation sites is 2. The van der Waals surface area contributed by atoms with Gasteiger partial charge >= 0.3 is 0 Å². The molecule has 5 heterocycles. The summed E-state index contributed by atoms with van der Waals surface area (Å²) in [4.78, 5) is 2.76. The minimum absolute atomic E-state index is 0.503. The number of benzene rings is 4. The Hall–Kier alpha value is -3.64. The Balaban J connectivity index is 1.06. The molecule has 6 unspecified atom stereocenters. The van der Waals surface area contributed by atoms with E-state index in [2.05, 4.69) is 123 Å². The van der Waals surface area contributed by atoms with Crippen molar-refractivity contribution in [2.75, 3.05) is 37.6 Å². The van der Waals surface area contributed by atoms with Gasteiger partial charge in [-0.05, 0) is 105 Å². The second kappa shape index (κ2) is 11.3. The molecule has 4 saturated heterocycles. The van der Waals surface area contributed by atoms with Gasteiger partial charge in [0.05, 0.1) is 11.0 Å². The second-order valence-electron chi connectivity index (χ2n) is 14.1. The number of fused-ring (bicyclic) bond motifs is 5. The van der Waals surface area contributed by atoms with Gasteiger partial charge in [0.1, 0.15) is 0 Å². The maximum atomic E-state index is 3.86. The van der Waals surface area contributed by atoms with Crippen LogP contribution in [0.1, 0.15) is 54.2 Å². The molecule has 4 aliphatic heterocycles. The standard InChI is InChI=1S/C40H45N5/c1-26-7-5-10-32-33-23-28(14-17-38(33)45(40(26)32)30-8-3-2-4-9-30)35-25-44(37-19-21-41-24-34(35)37)29-15-12-27(13-16-29)31-18-22-42-36-11-6-20-43-39(31)36/h2-5,7-10,12-17,23,31,34-37,39,41-43H,6,11,18-22,24-25H2,1H3. The first-order valence-electron chi connectivity index (χ1n) is 17.4. The van der Waals surface area contributed by atoms with Crippen molar-refractivity contribution in [2.45, 2.75) is 62.6 Å². The summed E-state index contributed by atoms with van der Waals surface area (Å²) in [6.07, 6.45) is 5.02. The molecule has 4 fully saturated rings. The summed E-state index contributed by atoms with van der Waals surface area (Å²) in [6, 6.07) is 36.5. The van der Waals surface area contributed by atoms with Crippen molar-refractivity contribution in [3.63, 3.8) is 0 Å². The fourth-order valence-electron chi connectivity index (χ4n) is 9.59. The Bertz CT molecular complexity index is 1820. The molecular weight excluding hydrogens is 550 g/mol. The number of aryl methyl sites for hydroxylation is 1. The summed E-state index contributed by atoms with van der Waals surface area (Å²) in [5, 5.41) is 14.1. The van der Waals surface area contributed by atoms with Gasteiger partial charge in [-0.3, -0.25) is 0 Å². The predicted octanol–water partition coefficient (Wildman–Crippen LogP) is 6.87. The molecule has 5 heteroatoms. The lowest BCUT2D eigenvalue weighted by Gasteiger charge is -2.43. The molecule has 0 saturated carbocycles. The molecule has 4 aliphatic rings. The molecule has 4 aromatic carbocycles. The van der Waals surface area contributed by atoms with Crippen LogP contribution in [0.5, 0.6) is 0 Å². The molecule has 0 aliphatic carbocycles. The topological polar surface area (TPSA) is 44.3 Å². The molecule has 6 atom stereocenters. The van der Waals surface area contributed by atoms with Crippen LogP contribution < -0.4 is 20.9 Å². The molecule has 0 amide bonds. The molecule has 230 valence electrons. The number of aromatic nitrogens is 1. The van der Waals surface area contributed by atoms with E-state index in [1.165, 1.54) is 75.6 Å². The fraction of sp³-hybridized carbons (Fsp3) is 0.400. The molecule has 0 radical (unpaired) electrons. The normalized spacial score (nSPS) is 28.3. The predicted molar refractivity (Wildman–Crippen MR) is 187 cm³/mol. The lowest BCUT2D eigenvalue weighted by molar-refractivity contribution is 0.223. The van der Waals surface area contributed by atoms with Gasteiger partial charge in [-0.2, -0.15) is 0 Å². The number of nitrogens with one attached hydrogen (secondary N) is 3. The first kappa shape index (κ1) is 27.7. The van der Waals surface area contributed by atoms with Gasteiger partial charge in [0.15, 0.2) is 0 Å². The van der Waals surface area contributed by atoms with Gasteiger partial charge in [-0.15, -0.1) is 0 Å². The number of anilines is 1. The van der Waals surface area contributed by atoms with Crippen LogP contribution in [0.2, 0.25) is 0 Å². The van der Waals surface area contributed by atoms with Crippen molar-refractivity contribution >= 4 is 27.5 Å². The van der Waals surface area contributed by atoms with Gasteiger partial charge in [0.25, 0.3) is 0 Å². The number of hydrogen-bond acceptors (Lipinski definition) is 4. The quantitative estimate of drug-likeness (QED) is 0.212. The molecule has 0 spiro atoms. The Morgan fingerprint density at radius 3 is 2.44 bits per heavy atom. The minimum Gasteiger partial charge on any atom is -0.368 e. The molecule has 3 N–H and O–H groups in total. The van der Waals surface area contributed by atoms with Crippen LogP contribution >= 0.6 is 0 Å². The van der Waals surface area contributed by atoms with Crippen molar-refractivity contribution in [3.05, 3.63) is 108 Å². The van der Waals surface area contributed by atoms with E-state index in [1.807, 2.05) is 0 Å². The number of nitrogens with zero attached hydrogens (tertiary/aromatic N) is 2. The molecule has 1 aromatic heterocycles. The monoisotopic (exact) mass is 595 g/mol. The maximum absolute atomic E-state index is 3.86.